The topological polar surface area (TPSA) is 69.3 Å². The lowest BCUT2D eigenvalue weighted by Gasteiger charge is -2.31. The van der Waals surface area contributed by atoms with E-state index in [9.17, 15) is 0 Å². The number of methoxy groups -OCH3 is 1. The second-order valence-corrected chi connectivity index (χ2v) is 8.93. The number of aromatic amines is 1. The molecule has 2 aromatic heterocycles. The highest BCUT2D eigenvalue weighted by Crippen LogP contribution is 2.37. The second kappa shape index (κ2) is 8.08. The lowest BCUT2D eigenvalue weighted by atomic mass is 9.99. The monoisotopic (exact) mass is 440 g/mol. The molecule has 2 aromatic carbocycles. The van der Waals surface area contributed by atoms with Gasteiger partial charge in [-0.1, -0.05) is 18.2 Å². The third-order valence-corrected chi connectivity index (χ3v) is 6.73. The van der Waals surface area contributed by atoms with Gasteiger partial charge in [0.15, 0.2) is 0 Å². The fourth-order valence-electron chi connectivity index (χ4n) is 5.06. The summed E-state index contributed by atoms with van der Waals surface area (Å²) in [6.45, 7) is 2.93. The molecule has 168 valence electrons. The Morgan fingerprint density at radius 2 is 1.91 bits per heavy atom. The Labute approximate surface area is 193 Å². The molecule has 0 saturated carbocycles. The van der Waals surface area contributed by atoms with Crippen molar-refractivity contribution in [3.63, 3.8) is 0 Å². The number of rotatable bonds is 4. The van der Waals surface area contributed by atoms with Crippen molar-refractivity contribution in [1.82, 2.24) is 19.9 Å². The highest BCUT2D eigenvalue weighted by Gasteiger charge is 2.23. The molecule has 7 nitrogen and oxygen atoms in total. The third-order valence-electron chi connectivity index (χ3n) is 6.73. The molecule has 0 spiro atoms. The minimum absolute atomic E-state index is 0.561. The van der Waals surface area contributed by atoms with Crippen molar-refractivity contribution in [2.45, 2.75) is 25.8 Å². The van der Waals surface area contributed by atoms with Gasteiger partial charge in [0.25, 0.3) is 0 Å². The minimum Gasteiger partial charge on any atom is -0.495 e. The molecule has 0 radical (unpaired) electrons. The Kier molecular flexibility index (Phi) is 4.91. The second-order valence-electron chi connectivity index (χ2n) is 8.93. The maximum atomic E-state index is 5.73. The molecule has 0 fully saturated rings. The molecule has 0 aliphatic carbocycles. The van der Waals surface area contributed by atoms with Crippen LogP contribution in [-0.4, -0.2) is 47.1 Å². The summed E-state index contributed by atoms with van der Waals surface area (Å²) in [7, 11) is 3.87. The summed E-state index contributed by atoms with van der Waals surface area (Å²) >= 11 is 0. The summed E-state index contributed by atoms with van der Waals surface area (Å²) in [5.41, 5.74) is 6.97. The van der Waals surface area contributed by atoms with Gasteiger partial charge in [-0.05, 0) is 67.3 Å². The molecule has 6 rings (SSSR count). The van der Waals surface area contributed by atoms with E-state index < -0.39 is 0 Å². The summed E-state index contributed by atoms with van der Waals surface area (Å²) in [4.78, 5) is 17.7. The molecule has 0 saturated heterocycles. The number of nitrogens with one attached hydrogen (secondary N) is 2. The third kappa shape index (κ3) is 3.58. The SMILES string of the molecule is COc1cc2c(cc1Nc1nc(N3CCCc4ccccc43)c3cc[nH]c3n1)CN(C)CC2. The molecule has 0 atom stereocenters. The molecule has 7 heteroatoms. The van der Waals surface area contributed by atoms with Crippen molar-refractivity contribution in [3.8, 4) is 5.75 Å². The van der Waals surface area contributed by atoms with E-state index in [4.69, 9.17) is 14.7 Å². The summed E-state index contributed by atoms with van der Waals surface area (Å²) in [6.07, 6.45) is 5.16. The lowest BCUT2D eigenvalue weighted by molar-refractivity contribution is 0.312. The van der Waals surface area contributed by atoms with Gasteiger partial charge in [-0.2, -0.15) is 9.97 Å². The molecule has 33 heavy (non-hydrogen) atoms. The van der Waals surface area contributed by atoms with E-state index in [1.807, 2.05) is 6.20 Å². The van der Waals surface area contributed by atoms with Crippen LogP contribution in [0.5, 0.6) is 5.75 Å². The zero-order chi connectivity index (χ0) is 22.4. The number of anilines is 4. The molecule has 0 bridgehead atoms. The van der Waals surface area contributed by atoms with E-state index >= 15 is 0 Å². The van der Waals surface area contributed by atoms with Crippen molar-refractivity contribution in [1.29, 1.82) is 0 Å². The van der Waals surface area contributed by atoms with E-state index in [1.54, 1.807) is 7.11 Å². The Morgan fingerprint density at radius 1 is 1.00 bits per heavy atom. The summed E-state index contributed by atoms with van der Waals surface area (Å²) in [5.74, 6) is 2.30. The first-order valence-electron chi connectivity index (χ1n) is 11.6. The maximum Gasteiger partial charge on any atom is 0.231 e. The number of hydrogen-bond donors (Lipinski definition) is 2. The van der Waals surface area contributed by atoms with Crippen LogP contribution >= 0.6 is 0 Å². The average Bonchev–Trinajstić information content (AvgIpc) is 3.31. The van der Waals surface area contributed by atoms with Gasteiger partial charge in [0.1, 0.15) is 17.2 Å². The Hall–Kier alpha value is -3.58. The molecule has 4 heterocycles. The maximum absolute atomic E-state index is 5.73. The smallest absolute Gasteiger partial charge is 0.231 e. The largest absolute Gasteiger partial charge is 0.495 e. The van der Waals surface area contributed by atoms with Crippen LogP contribution in [0.15, 0.2) is 48.7 Å². The van der Waals surface area contributed by atoms with Crippen molar-refractivity contribution >= 4 is 34.2 Å². The number of aryl methyl sites for hydroxylation is 1. The van der Waals surface area contributed by atoms with Crippen molar-refractivity contribution in [2.24, 2.45) is 0 Å². The summed E-state index contributed by atoms with van der Waals surface area (Å²) in [6, 6.07) is 15.0. The predicted octanol–water partition coefficient (Wildman–Crippen LogP) is 4.78. The number of para-hydroxylation sites is 1. The number of aromatic nitrogens is 3. The standard InChI is InChI=1S/C26H28N6O/c1-31-13-10-18-15-23(33-2)21(14-19(18)16-31)28-26-29-24-20(9-11-27-24)25(30-26)32-12-5-7-17-6-3-4-8-22(17)32/h3-4,6,8-9,11,14-15H,5,7,10,12-13,16H2,1-2H3,(H2,27,28,29,30). The molecule has 2 aliphatic heterocycles. The molecule has 2 N–H and O–H groups in total. The van der Waals surface area contributed by atoms with Crippen LogP contribution in [0, 0.1) is 0 Å². The zero-order valence-corrected chi connectivity index (χ0v) is 19.1. The lowest BCUT2D eigenvalue weighted by Crippen LogP contribution is -2.26. The molecular formula is C26H28N6O. The van der Waals surface area contributed by atoms with Crippen LogP contribution in [0.3, 0.4) is 0 Å². The molecule has 0 amide bonds. The Balaban J connectivity index is 1.43. The number of ether oxygens (including phenoxy) is 1. The van der Waals surface area contributed by atoms with Gasteiger partial charge in [-0.3, -0.25) is 0 Å². The Morgan fingerprint density at radius 3 is 2.82 bits per heavy atom. The fraction of sp³-hybridized carbons (Fsp3) is 0.308. The van der Waals surface area contributed by atoms with Crippen LogP contribution in [0.4, 0.5) is 23.1 Å². The van der Waals surface area contributed by atoms with Gasteiger partial charge in [-0.15, -0.1) is 0 Å². The highest BCUT2D eigenvalue weighted by molar-refractivity contribution is 5.91. The molecule has 2 aliphatic rings. The van der Waals surface area contributed by atoms with Crippen LogP contribution in [0.2, 0.25) is 0 Å². The predicted molar refractivity (Wildman–Crippen MR) is 132 cm³/mol. The number of hydrogen-bond acceptors (Lipinski definition) is 6. The summed E-state index contributed by atoms with van der Waals surface area (Å²) < 4.78 is 5.73. The first kappa shape index (κ1) is 20.1. The van der Waals surface area contributed by atoms with Crippen molar-refractivity contribution < 1.29 is 4.74 Å². The number of fused-ring (bicyclic) bond motifs is 3. The van der Waals surface area contributed by atoms with E-state index in [0.29, 0.717) is 5.95 Å². The van der Waals surface area contributed by atoms with Gasteiger partial charge in [0.05, 0.1) is 18.2 Å². The first-order chi connectivity index (χ1) is 16.2. The van der Waals surface area contributed by atoms with Crippen LogP contribution in [0.1, 0.15) is 23.1 Å². The molecule has 0 unspecified atom stereocenters. The van der Waals surface area contributed by atoms with Gasteiger partial charge >= 0.3 is 0 Å². The first-order valence-corrected chi connectivity index (χ1v) is 11.6. The number of benzene rings is 2. The van der Waals surface area contributed by atoms with Gasteiger partial charge in [0.2, 0.25) is 5.95 Å². The number of H-pyrrole nitrogens is 1. The Bertz CT molecular complexity index is 1330. The number of nitrogens with zero attached hydrogens (tertiary/aromatic N) is 4. The van der Waals surface area contributed by atoms with Gasteiger partial charge in [0, 0.05) is 31.5 Å². The van der Waals surface area contributed by atoms with E-state index in [0.717, 1.165) is 67.2 Å². The normalized spacial score (nSPS) is 15.9. The van der Waals surface area contributed by atoms with Crippen molar-refractivity contribution in [2.75, 3.05) is 37.5 Å². The number of likely N-dealkylation sites (N-methyl/N-ethyl adjacent to an activating group) is 1. The van der Waals surface area contributed by atoms with Crippen LogP contribution in [0.25, 0.3) is 11.0 Å². The van der Waals surface area contributed by atoms with Gasteiger partial charge < -0.3 is 24.8 Å². The van der Waals surface area contributed by atoms with Crippen molar-refractivity contribution in [3.05, 3.63) is 65.4 Å². The quantitative estimate of drug-likeness (QED) is 0.476. The molecular weight excluding hydrogens is 412 g/mol. The minimum atomic E-state index is 0.561. The van der Waals surface area contributed by atoms with Crippen LogP contribution < -0.4 is 15.0 Å². The fourth-order valence-corrected chi connectivity index (χ4v) is 5.06. The highest BCUT2D eigenvalue weighted by atomic mass is 16.5. The average molecular weight is 441 g/mol. The van der Waals surface area contributed by atoms with E-state index in [-0.39, 0.29) is 0 Å². The zero-order valence-electron chi connectivity index (χ0n) is 19.1. The van der Waals surface area contributed by atoms with Gasteiger partial charge in [-0.25, -0.2) is 0 Å². The van der Waals surface area contributed by atoms with E-state index in [2.05, 4.69) is 69.6 Å². The van der Waals surface area contributed by atoms with E-state index in [1.165, 1.54) is 22.4 Å². The van der Waals surface area contributed by atoms with Crippen LogP contribution in [-0.2, 0) is 19.4 Å². The summed E-state index contributed by atoms with van der Waals surface area (Å²) in [5, 5.41) is 4.49. The molecule has 4 aromatic rings.